The lowest BCUT2D eigenvalue weighted by Gasteiger charge is -2.32. The number of likely N-dealkylation sites (tertiary alicyclic amines) is 1. The number of halogens is 1. The van der Waals surface area contributed by atoms with E-state index in [0.717, 1.165) is 37.9 Å². The van der Waals surface area contributed by atoms with Crippen LogP contribution in [0.2, 0.25) is 0 Å². The van der Waals surface area contributed by atoms with Crippen molar-refractivity contribution in [2.45, 2.75) is 25.8 Å². The Labute approximate surface area is 142 Å². The summed E-state index contributed by atoms with van der Waals surface area (Å²) in [4.78, 5) is 14.1. The van der Waals surface area contributed by atoms with Crippen LogP contribution in [0, 0.1) is 11.7 Å². The molecule has 0 saturated carbocycles. The molecule has 4 heteroatoms. The van der Waals surface area contributed by atoms with Crippen LogP contribution in [0.4, 0.5) is 9.18 Å². The molecule has 0 aromatic heterocycles. The first-order chi connectivity index (χ1) is 11.7. The van der Waals surface area contributed by atoms with Crippen molar-refractivity contribution in [3.63, 3.8) is 0 Å². The molecule has 3 nitrogen and oxygen atoms in total. The molecular weight excluding hydrogens is 303 g/mol. The molecule has 126 valence electrons. The van der Waals surface area contributed by atoms with Gasteiger partial charge in [-0.2, -0.15) is 0 Å². The Morgan fingerprint density at radius 3 is 2.46 bits per heavy atom. The van der Waals surface area contributed by atoms with E-state index in [0.29, 0.717) is 12.5 Å². The standard InChI is InChI=1S/C20H23FN2O/c21-19-8-4-7-18(14-19)15-22-20(24)23-11-9-17(10-12-23)13-16-5-2-1-3-6-16/h1-8,14,17H,9-13,15H2,(H,22,24). The third-order valence-corrected chi connectivity index (χ3v) is 4.60. The fourth-order valence-electron chi connectivity index (χ4n) is 3.22. The van der Waals surface area contributed by atoms with Crippen molar-refractivity contribution < 1.29 is 9.18 Å². The summed E-state index contributed by atoms with van der Waals surface area (Å²) >= 11 is 0. The number of benzene rings is 2. The van der Waals surface area contributed by atoms with Crippen LogP contribution < -0.4 is 5.32 Å². The van der Waals surface area contributed by atoms with E-state index in [-0.39, 0.29) is 11.8 Å². The van der Waals surface area contributed by atoms with Crippen LogP contribution in [0.5, 0.6) is 0 Å². The molecular formula is C20H23FN2O. The number of hydrogen-bond donors (Lipinski definition) is 1. The van der Waals surface area contributed by atoms with Crippen LogP contribution in [0.15, 0.2) is 54.6 Å². The molecule has 1 saturated heterocycles. The van der Waals surface area contributed by atoms with Crippen LogP contribution >= 0.6 is 0 Å². The number of carbonyl (C=O) groups excluding carboxylic acids is 1. The van der Waals surface area contributed by atoms with E-state index in [1.165, 1.54) is 17.7 Å². The topological polar surface area (TPSA) is 32.3 Å². The highest BCUT2D eigenvalue weighted by molar-refractivity contribution is 5.74. The Morgan fingerprint density at radius 2 is 1.75 bits per heavy atom. The number of carbonyl (C=O) groups is 1. The molecule has 2 aromatic carbocycles. The lowest BCUT2D eigenvalue weighted by Crippen LogP contribution is -2.44. The normalized spacial score (nSPS) is 15.3. The minimum Gasteiger partial charge on any atom is -0.334 e. The fraction of sp³-hybridized carbons (Fsp3) is 0.350. The van der Waals surface area contributed by atoms with E-state index in [1.807, 2.05) is 17.0 Å². The molecule has 1 aliphatic rings. The first-order valence-electron chi connectivity index (χ1n) is 8.52. The van der Waals surface area contributed by atoms with E-state index in [4.69, 9.17) is 0 Å². The molecule has 0 radical (unpaired) electrons. The number of hydrogen-bond acceptors (Lipinski definition) is 1. The zero-order valence-electron chi connectivity index (χ0n) is 13.7. The second-order valence-corrected chi connectivity index (χ2v) is 6.41. The number of amides is 2. The zero-order valence-corrected chi connectivity index (χ0v) is 13.7. The SMILES string of the molecule is O=C(NCc1cccc(F)c1)N1CCC(Cc2ccccc2)CC1. The number of piperidine rings is 1. The summed E-state index contributed by atoms with van der Waals surface area (Å²) < 4.78 is 13.1. The first kappa shape index (κ1) is 16.5. The molecule has 2 aromatic rings. The first-order valence-corrected chi connectivity index (χ1v) is 8.52. The quantitative estimate of drug-likeness (QED) is 0.905. The van der Waals surface area contributed by atoms with Gasteiger partial charge in [0.05, 0.1) is 0 Å². The van der Waals surface area contributed by atoms with Crippen LogP contribution in [0.3, 0.4) is 0 Å². The smallest absolute Gasteiger partial charge is 0.317 e. The average Bonchev–Trinajstić information content (AvgIpc) is 2.61. The number of nitrogens with zero attached hydrogens (tertiary/aromatic N) is 1. The highest BCUT2D eigenvalue weighted by Gasteiger charge is 2.22. The van der Waals surface area contributed by atoms with Crippen molar-refractivity contribution in [3.8, 4) is 0 Å². The minimum atomic E-state index is -0.275. The molecule has 1 fully saturated rings. The molecule has 0 spiro atoms. The predicted octanol–water partition coefficient (Wildman–Crippen LogP) is 3.99. The Hall–Kier alpha value is -2.36. The largest absolute Gasteiger partial charge is 0.334 e. The molecule has 1 N–H and O–H groups in total. The highest BCUT2D eigenvalue weighted by atomic mass is 19.1. The molecule has 1 aliphatic heterocycles. The van der Waals surface area contributed by atoms with E-state index >= 15 is 0 Å². The molecule has 1 heterocycles. The average molecular weight is 326 g/mol. The van der Waals surface area contributed by atoms with Crippen LogP contribution in [-0.4, -0.2) is 24.0 Å². The second-order valence-electron chi connectivity index (χ2n) is 6.41. The third kappa shape index (κ3) is 4.57. The van der Waals surface area contributed by atoms with Gasteiger partial charge in [0.1, 0.15) is 5.82 Å². The van der Waals surface area contributed by atoms with Crippen molar-refractivity contribution in [1.82, 2.24) is 10.2 Å². The zero-order chi connectivity index (χ0) is 16.8. The van der Waals surface area contributed by atoms with Crippen molar-refractivity contribution in [3.05, 3.63) is 71.5 Å². The lowest BCUT2D eigenvalue weighted by molar-refractivity contribution is 0.170. The Kier molecular flexibility index (Phi) is 5.47. The van der Waals surface area contributed by atoms with Crippen LogP contribution in [0.25, 0.3) is 0 Å². The molecule has 0 bridgehead atoms. The molecule has 2 amide bonds. The number of rotatable bonds is 4. The number of nitrogens with one attached hydrogen (secondary N) is 1. The van der Waals surface area contributed by atoms with Gasteiger partial charge >= 0.3 is 6.03 Å². The molecule has 0 atom stereocenters. The lowest BCUT2D eigenvalue weighted by atomic mass is 9.90. The summed E-state index contributed by atoms with van der Waals surface area (Å²) in [7, 11) is 0. The van der Waals surface area contributed by atoms with Gasteiger partial charge in [-0.3, -0.25) is 0 Å². The summed E-state index contributed by atoms with van der Waals surface area (Å²) in [5, 5.41) is 2.88. The van der Waals surface area contributed by atoms with Crippen LogP contribution in [-0.2, 0) is 13.0 Å². The maximum Gasteiger partial charge on any atom is 0.317 e. The number of urea groups is 1. The molecule has 24 heavy (non-hydrogen) atoms. The highest BCUT2D eigenvalue weighted by Crippen LogP contribution is 2.21. The van der Waals surface area contributed by atoms with E-state index in [9.17, 15) is 9.18 Å². The molecule has 0 unspecified atom stereocenters. The van der Waals surface area contributed by atoms with Gasteiger partial charge in [-0.05, 0) is 48.4 Å². The minimum absolute atomic E-state index is 0.0579. The van der Waals surface area contributed by atoms with E-state index in [2.05, 4.69) is 29.6 Å². The van der Waals surface area contributed by atoms with Gasteiger partial charge in [0, 0.05) is 19.6 Å². The summed E-state index contributed by atoms with van der Waals surface area (Å²) in [6.07, 6.45) is 3.14. The Morgan fingerprint density at radius 1 is 1.04 bits per heavy atom. The van der Waals surface area contributed by atoms with Gasteiger partial charge in [0.25, 0.3) is 0 Å². The summed E-state index contributed by atoms with van der Waals surface area (Å²) in [6.45, 7) is 1.93. The second kappa shape index (κ2) is 7.95. The fourth-order valence-corrected chi connectivity index (χ4v) is 3.22. The summed E-state index contributed by atoms with van der Waals surface area (Å²) in [5.74, 6) is 0.364. The molecule has 3 rings (SSSR count). The van der Waals surface area contributed by atoms with E-state index < -0.39 is 0 Å². The Balaban J connectivity index is 1.43. The van der Waals surface area contributed by atoms with Crippen molar-refractivity contribution in [1.29, 1.82) is 0 Å². The van der Waals surface area contributed by atoms with Gasteiger partial charge in [-0.1, -0.05) is 42.5 Å². The molecule has 0 aliphatic carbocycles. The summed E-state index contributed by atoms with van der Waals surface area (Å²) in [6, 6.07) is 16.8. The third-order valence-electron chi connectivity index (χ3n) is 4.60. The predicted molar refractivity (Wildman–Crippen MR) is 93.1 cm³/mol. The van der Waals surface area contributed by atoms with Gasteiger partial charge in [-0.15, -0.1) is 0 Å². The van der Waals surface area contributed by atoms with Crippen molar-refractivity contribution >= 4 is 6.03 Å². The van der Waals surface area contributed by atoms with Gasteiger partial charge in [-0.25, -0.2) is 9.18 Å². The van der Waals surface area contributed by atoms with Gasteiger partial charge < -0.3 is 10.2 Å². The Bertz CT molecular complexity index is 666. The maximum absolute atomic E-state index is 13.1. The monoisotopic (exact) mass is 326 g/mol. The van der Waals surface area contributed by atoms with Crippen LogP contribution in [0.1, 0.15) is 24.0 Å². The van der Waals surface area contributed by atoms with E-state index in [1.54, 1.807) is 6.07 Å². The maximum atomic E-state index is 13.1. The van der Waals surface area contributed by atoms with Gasteiger partial charge in [0.2, 0.25) is 0 Å². The van der Waals surface area contributed by atoms with Crippen molar-refractivity contribution in [2.75, 3.05) is 13.1 Å². The summed E-state index contributed by atoms with van der Waals surface area (Å²) in [5.41, 5.74) is 2.15. The van der Waals surface area contributed by atoms with Gasteiger partial charge in [0.15, 0.2) is 0 Å². The van der Waals surface area contributed by atoms with Crippen molar-refractivity contribution in [2.24, 2.45) is 5.92 Å².